The third-order valence-corrected chi connectivity index (χ3v) is 5.90. The summed E-state index contributed by atoms with van der Waals surface area (Å²) in [5.41, 5.74) is -0.947. The Labute approximate surface area is 178 Å². The monoisotopic (exact) mass is 448 g/mol. The first-order valence-corrected chi connectivity index (χ1v) is 9.87. The van der Waals surface area contributed by atoms with Crippen LogP contribution in [0.4, 0.5) is 18.9 Å². The predicted octanol–water partition coefficient (Wildman–Crippen LogP) is 5.15. The zero-order valence-corrected chi connectivity index (χ0v) is 17.0. The number of carbonyl (C=O) groups is 2. The van der Waals surface area contributed by atoms with Crippen molar-refractivity contribution >= 4 is 28.7 Å². The number of anilines is 1. The number of halogens is 3. The van der Waals surface area contributed by atoms with Gasteiger partial charge in [-0.05, 0) is 44.2 Å². The first-order chi connectivity index (χ1) is 14.6. The zero-order chi connectivity index (χ0) is 22.5. The van der Waals surface area contributed by atoms with E-state index in [0.717, 1.165) is 34.4 Å². The molecule has 31 heavy (non-hydrogen) atoms. The molecule has 1 amide bonds. The summed E-state index contributed by atoms with van der Waals surface area (Å²) < 4.78 is 45.1. The molecule has 1 N–H and O–H groups in total. The Bertz CT molecular complexity index is 1210. The normalized spacial score (nSPS) is 17.0. The van der Waals surface area contributed by atoms with Gasteiger partial charge in [-0.1, -0.05) is 6.07 Å². The van der Waals surface area contributed by atoms with Crippen LogP contribution in [-0.2, 0) is 11.0 Å². The second-order valence-corrected chi connectivity index (χ2v) is 8.08. The minimum Gasteiger partial charge on any atom is -0.503 e. The van der Waals surface area contributed by atoms with Crippen LogP contribution in [0.2, 0.25) is 0 Å². The number of aliphatic hydroxyl groups excluding tert-OH is 1. The molecule has 1 aliphatic rings. The second-order valence-electron chi connectivity index (χ2n) is 6.88. The topological polar surface area (TPSA) is 83.6 Å². The van der Waals surface area contributed by atoms with Gasteiger partial charge in [0.1, 0.15) is 11.8 Å². The van der Waals surface area contributed by atoms with Crippen molar-refractivity contribution in [3.63, 3.8) is 0 Å². The molecule has 3 heterocycles. The molecule has 0 bridgehead atoms. The van der Waals surface area contributed by atoms with Crippen LogP contribution >= 0.6 is 11.3 Å². The van der Waals surface area contributed by atoms with Gasteiger partial charge in [0.25, 0.3) is 5.91 Å². The van der Waals surface area contributed by atoms with E-state index in [9.17, 15) is 27.9 Å². The number of rotatable bonds is 4. The number of carbonyl (C=O) groups excluding carboxylic acids is 2. The lowest BCUT2D eigenvalue weighted by molar-refractivity contribution is -0.137. The molecule has 10 heteroatoms. The SMILES string of the molecule is Cc1nc(C)c(C(=O)C2=C(O)C(=O)N(c3cccc(C(F)(F)F)c3)C2c2ccco2)s1. The Morgan fingerprint density at radius 1 is 1.23 bits per heavy atom. The minimum atomic E-state index is -4.63. The number of ketones is 1. The fraction of sp³-hybridized carbons (Fsp3) is 0.190. The quantitative estimate of drug-likeness (QED) is 0.558. The average molecular weight is 448 g/mol. The van der Waals surface area contributed by atoms with Crippen LogP contribution in [0.25, 0.3) is 0 Å². The molecule has 1 aliphatic heterocycles. The Hall–Kier alpha value is -3.40. The van der Waals surface area contributed by atoms with Crippen molar-refractivity contribution in [2.45, 2.75) is 26.1 Å². The standard InChI is InChI=1S/C21H15F3N2O4S/c1-10-19(31-11(2)25-10)17(27)15-16(14-7-4-8-30-14)26(20(29)18(15)28)13-6-3-5-12(9-13)21(22,23)24/h3-9,16,28H,1-2H3. The molecule has 0 aliphatic carbocycles. The third kappa shape index (κ3) is 3.52. The van der Waals surface area contributed by atoms with E-state index < -0.39 is 35.2 Å². The van der Waals surface area contributed by atoms with Gasteiger partial charge < -0.3 is 9.52 Å². The van der Waals surface area contributed by atoms with E-state index in [4.69, 9.17) is 4.42 Å². The number of furan rings is 1. The van der Waals surface area contributed by atoms with Gasteiger partial charge in [0.05, 0.1) is 33.0 Å². The first kappa shape index (κ1) is 20.9. The number of Topliss-reactive ketones (excluding diaryl/α,β-unsaturated/α-hetero) is 1. The molecule has 0 fully saturated rings. The number of aliphatic hydroxyl groups is 1. The van der Waals surface area contributed by atoms with Crippen LogP contribution in [0, 0.1) is 13.8 Å². The highest BCUT2D eigenvalue weighted by Crippen LogP contribution is 2.44. The molecule has 0 saturated heterocycles. The van der Waals surface area contributed by atoms with Crippen molar-refractivity contribution in [1.29, 1.82) is 0 Å². The Morgan fingerprint density at radius 2 is 1.97 bits per heavy atom. The van der Waals surface area contributed by atoms with Crippen LogP contribution in [0.1, 0.15) is 37.7 Å². The van der Waals surface area contributed by atoms with Gasteiger partial charge in [-0.15, -0.1) is 11.3 Å². The van der Waals surface area contributed by atoms with Gasteiger partial charge in [0, 0.05) is 5.69 Å². The van der Waals surface area contributed by atoms with Gasteiger partial charge in [-0.3, -0.25) is 14.5 Å². The van der Waals surface area contributed by atoms with E-state index in [0.29, 0.717) is 10.7 Å². The number of hydrogen-bond donors (Lipinski definition) is 1. The van der Waals surface area contributed by atoms with Gasteiger partial charge in [0.15, 0.2) is 5.76 Å². The Morgan fingerprint density at radius 3 is 2.55 bits per heavy atom. The summed E-state index contributed by atoms with van der Waals surface area (Å²) in [5, 5.41) is 11.2. The molecule has 0 saturated carbocycles. The number of thiazole rings is 1. The molecule has 0 radical (unpaired) electrons. The highest BCUT2D eigenvalue weighted by atomic mass is 32.1. The third-order valence-electron chi connectivity index (χ3n) is 4.83. The van der Waals surface area contributed by atoms with E-state index in [1.54, 1.807) is 13.8 Å². The van der Waals surface area contributed by atoms with Crippen molar-refractivity contribution in [2.75, 3.05) is 4.90 Å². The molecule has 6 nitrogen and oxygen atoms in total. The second kappa shape index (κ2) is 7.38. The minimum absolute atomic E-state index is 0.122. The summed E-state index contributed by atoms with van der Waals surface area (Å²) in [4.78, 5) is 31.6. The van der Waals surface area contributed by atoms with Crippen LogP contribution in [0.15, 0.2) is 58.4 Å². The van der Waals surface area contributed by atoms with Crippen molar-refractivity contribution in [3.8, 4) is 0 Å². The summed E-state index contributed by atoms with van der Waals surface area (Å²) in [5.74, 6) is -2.35. The molecule has 1 unspecified atom stereocenters. The predicted molar refractivity (Wildman–Crippen MR) is 106 cm³/mol. The van der Waals surface area contributed by atoms with E-state index in [1.165, 1.54) is 24.5 Å². The van der Waals surface area contributed by atoms with Crippen LogP contribution in [0.3, 0.4) is 0 Å². The summed E-state index contributed by atoms with van der Waals surface area (Å²) in [6.07, 6.45) is -3.33. The van der Waals surface area contributed by atoms with E-state index in [1.807, 2.05) is 0 Å². The highest BCUT2D eigenvalue weighted by molar-refractivity contribution is 7.14. The lowest BCUT2D eigenvalue weighted by Crippen LogP contribution is -2.31. The molecular formula is C21H15F3N2O4S. The van der Waals surface area contributed by atoms with E-state index >= 15 is 0 Å². The largest absolute Gasteiger partial charge is 0.503 e. The summed E-state index contributed by atoms with van der Waals surface area (Å²) >= 11 is 1.10. The van der Waals surface area contributed by atoms with Gasteiger partial charge in [-0.25, -0.2) is 4.98 Å². The number of nitrogens with zero attached hydrogens (tertiary/aromatic N) is 2. The summed E-state index contributed by atoms with van der Waals surface area (Å²) in [7, 11) is 0. The average Bonchev–Trinajstić information content (AvgIpc) is 3.40. The van der Waals surface area contributed by atoms with E-state index in [-0.39, 0.29) is 21.9 Å². The van der Waals surface area contributed by atoms with Crippen molar-refractivity contribution in [1.82, 2.24) is 4.98 Å². The molecule has 4 rings (SSSR count). The van der Waals surface area contributed by atoms with Gasteiger partial charge >= 0.3 is 6.18 Å². The van der Waals surface area contributed by atoms with Gasteiger partial charge in [0.2, 0.25) is 5.78 Å². The molecular weight excluding hydrogens is 433 g/mol. The first-order valence-electron chi connectivity index (χ1n) is 9.05. The van der Waals surface area contributed by atoms with Crippen LogP contribution in [0.5, 0.6) is 0 Å². The maximum absolute atomic E-state index is 13.3. The lowest BCUT2D eigenvalue weighted by atomic mass is 9.99. The number of alkyl halides is 3. The van der Waals surface area contributed by atoms with Crippen molar-refractivity contribution < 1.29 is 32.3 Å². The number of aromatic nitrogens is 1. The fourth-order valence-electron chi connectivity index (χ4n) is 3.52. The number of amides is 1. The number of hydrogen-bond acceptors (Lipinski definition) is 6. The van der Waals surface area contributed by atoms with E-state index in [2.05, 4.69) is 4.98 Å². The Kier molecular flexibility index (Phi) is 4.97. The summed E-state index contributed by atoms with van der Waals surface area (Å²) in [6.45, 7) is 3.33. The lowest BCUT2D eigenvalue weighted by Gasteiger charge is -2.25. The number of benzene rings is 1. The highest BCUT2D eigenvalue weighted by Gasteiger charge is 2.47. The maximum atomic E-state index is 13.3. The Balaban J connectivity index is 1.87. The fourth-order valence-corrected chi connectivity index (χ4v) is 4.39. The maximum Gasteiger partial charge on any atom is 0.416 e. The summed E-state index contributed by atoms with van der Waals surface area (Å²) in [6, 6.07) is 5.87. The molecule has 2 aromatic heterocycles. The molecule has 1 aromatic carbocycles. The van der Waals surface area contributed by atoms with Crippen LogP contribution < -0.4 is 4.90 Å². The zero-order valence-electron chi connectivity index (χ0n) is 16.2. The molecule has 3 aromatic rings. The van der Waals surface area contributed by atoms with Crippen molar-refractivity contribution in [3.05, 3.63) is 80.9 Å². The van der Waals surface area contributed by atoms with Gasteiger partial charge in [-0.2, -0.15) is 13.2 Å². The smallest absolute Gasteiger partial charge is 0.416 e. The molecule has 160 valence electrons. The molecule has 1 atom stereocenters. The molecule has 0 spiro atoms. The van der Waals surface area contributed by atoms with Crippen LogP contribution in [-0.4, -0.2) is 21.8 Å². The van der Waals surface area contributed by atoms with Crippen molar-refractivity contribution in [2.24, 2.45) is 0 Å². The number of aryl methyl sites for hydroxylation is 2.